The summed E-state index contributed by atoms with van der Waals surface area (Å²) in [5.74, 6) is 0. The van der Waals surface area contributed by atoms with Crippen LogP contribution in [-0.4, -0.2) is 25.8 Å². The second-order valence-corrected chi connectivity index (χ2v) is 6.56. The predicted molar refractivity (Wildman–Crippen MR) is 78.4 cm³/mol. The third-order valence-corrected chi connectivity index (χ3v) is 5.38. The van der Waals surface area contributed by atoms with Crippen LogP contribution in [0, 0.1) is 5.41 Å². The van der Waals surface area contributed by atoms with Crippen LogP contribution < -0.4 is 5.32 Å². The van der Waals surface area contributed by atoms with Crippen molar-refractivity contribution in [2.45, 2.75) is 46.1 Å². The lowest BCUT2D eigenvalue weighted by Gasteiger charge is -2.32. The molecule has 2 nitrogen and oxygen atoms in total. The minimum atomic E-state index is 0.297. The Labute approximate surface area is 115 Å². The normalized spacial score (nSPS) is 27.8. The lowest BCUT2D eigenvalue weighted by atomic mass is 9.78. The van der Waals surface area contributed by atoms with Crippen LogP contribution in [0.3, 0.4) is 0 Å². The largest absolute Gasteiger partial charge is 0.378 e. The maximum atomic E-state index is 5.84. The van der Waals surface area contributed by atoms with Gasteiger partial charge in [-0.25, -0.2) is 0 Å². The number of aryl methyl sites for hydroxylation is 1. The van der Waals surface area contributed by atoms with E-state index in [4.69, 9.17) is 4.74 Å². The van der Waals surface area contributed by atoms with Gasteiger partial charge in [-0.3, -0.25) is 0 Å². The van der Waals surface area contributed by atoms with Gasteiger partial charge in [-0.2, -0.15) is 0 Å². The van der Waals surface area contributed by atoms with Gasteiger partial charge in [0.1, 0.15) is 0 Å². The molecule has 1 aromatic rings. The van der Waals surface area contributed by atoms with E-state index in [1.165, 1.54) is 16.2 Å². The van der Waals surface area contributed by atoms with E-state index in [1.54, 1.807) is 0 Å². The van der Waals surface area contributed by atoms with Gasteiger partial charge in [-0.15, -0.1) is 11.3 Å². The molecule has 1 fully saturated rings. The molecule has 18 heavy (non-hydrogen) atoms. The van der Waals surface area contributed by atoms with E-state index in [1.807, 2.05) is 11.3 Å². The van der Waals surface area contributed by atoms with Gasteiger partial charge in [0.2, 0.25) is 0 Å². The van der Waals surface area contributed by atoms with Crippen molar-refractivity contribution in [2.24, 2.45) is 5.41 Å². The lowest BCUT2D eigenvalue weighted by Crippen LogP contribution is -2.41. The molecule has 0 aliphatic carbocycles. The molecule has 0 bridgehead atoms. The second-order valence-electron chi connectivity index (χ2n) is 5.30. The van der Waals surface area contributed by atoms with E-state index >= 15 is 0 Å². The predicted octanol–water partition coefficient (Wildman–Crippen LogP) is 3.26. The molecule has 2 unspecified atom stereocenters. The molecule has 1 saturated heterocycles. The van der Waals surface area contributed by atoms with Crippen molar-refractivity contribution in [1.29, 1.82) is 0 Å². The third kappa shape index (κ3) is 2.95. The number of hydrogen-bond acceptors (Lipinski definition) is 3. The number of nitrogens with one attached hydrogen (secondary N) is 1. The highest BCUT2D eigenvalue weighted by atomic mass is 32.1. The summed E-state index contributed by atoms with van der Waals surface area (Å²) in [6.45, 7) is 9.67. The monoisotopic (exact) mass is 267 g/mol. The van der Waals surface area contributed by atoms with E-state index in [0.29, 0.717) is 11.5 Å². The molecule has 0 radical (unpaired) electrons. The highest BCUT2D eigenvalue weighted by Crippen LogP contribution is 2.39. The smallest absolute Gasteiger partial charge is 0.0619 e. The van der Waals surface area contributed by atoms with Crippen LogP contribution in [-0.2, 0) is 17.6 Å². The third-order valence-electron chi connectivity index (χ3n) is 4.15. The summed E-state index contributed by atoms with van der Waals surface area (Å²) >= 11 is 1.97. The molecule has 102 valence electrons. The topological polar surface area (TPSA) is 21.3 Å². The van der Waals surface area contributed by atoms with Gasteiger partial charge in [0.25, 0.3) is 0 Å². The Balaban J connectivity index is 2.09. The van der Waals surface area contributed by atoms with Crippen molar-refractivity contribution in [1.82, 2.24) is 5.32 Å². The van der Waals surface area contributed by atoms with Crippen molar-refractivity contribution in [3.05, 3.63) is 21.9 Å². The quantitative estimate of drug-likeness (QED) is 0.854. The molecule has 0 amide bonds. The molecule has 0 aromatic carbocycles. The molecule has 1 N–H and O–H groups in total. The van der Waals surface area contributed by atoms with Gasteiger partial charge in [0, 0.05) is 28.3 Å². The van der Waals surface area contributed by atoms with Crippen molar-refractivity contribution in [3.63, 3.8) is 0 Å². The zero-order chi connectivity index (χ0) is 13.0. The number of thiophene rings is 1. The van der Waals surface area contributed by atoms with Crippen LogP contribution >= 0.6 is 11.3 Å². The van der Waals surface area contributed by atoms with E-state index in [9.17, 15) is 0 Å². The molecule has 2 heterocycles. The molecule has 3 heteroatoms. The maximum Gasteiger partial charge on any atom is 0.0619 e. The number of hydrogen-bond donors (Lipinski definition) is 1. The highest BCUT2D eigenvalue weighted by Gasteiger charge is 2.41. The Hall–Kier alpha value is -0.380. The summed E-state index contributed by atoms with van der Waals surface area (Å²) in [5.41, 5.74) is 0.297. The fourth-order valence-corrected chi connectivity index (χ4v) is 3.89. The first-order valence-corrected chi connectivity index (χ1v) is 7.91. The second kappa shape index (κ2) is 6.18. The van der Waals surface area contributed by atoms with Crippen LogP contribution in [0.4, 0.5) is 0 Å². The van der Waals surface area contributed by atoms with Gasteiger partial charge in [-0.1, -0.05) is 13.8 Å². The van der Waals surface area contributed by atoms with E-state index in [2.05, 4.69) is 38.2 Å². The van der Waals surface area contributed by atoms with Crippen LogP contribution in [0.2, 0.25) is 0 Å². The van der Waals surface area contributed by atoms with Crippen LogP contribution in [0.15, 0.2) is 12.1 Å². The van der Waals surface area contributed by atoms with Crippen LogP contribution in [0.1, 0.15) is 36.9 Å². The van der Waals surface area contributed by atoms with Gasteiger partial charge < -0.3 is 10.1 Å². The first-order chi connectivity index (χ1) is 8.70. The van der Waals surface area contributed by atoms with Gasteiger partial charge in [-0.05, 0) is 44.9 Å². The highest BCUT2D eigenvalue weighted by molar-refractivity contribution is 7.11. The van der Waals surface area contributed by atoms with Crippen molar-refractivity contribution >= 4 is 11.3 Å². The Bertz CT molecular complexity index is 376. The maximum absolute atomic E-state index is 5.84. The molecule has 2 rings (SSSR count). The summed E-state index contributed by atoms with van der Waals surface area (Å²) in [6, 6.07) is 4.59. The van der Waals surface area contributed by atoms with E-state index < -0.39 is 0 Å². The fraction of sp³-hybridized carbons (Fsp3) is 0.733. The molecular weight excluding hydrogens is 242 g/mol. The van der Waals surface area contributed by atoms with Gasteiger partial charge in [0.05, 0.1) is 6.10 Å². The Morgan fingerprint density at radius 1 is 1.39 bits per heavy atom. The molecular formula is C15H25NOS. The SMILES string of the molecule is CCNCC1(Cc2ccc(CC)s2)CCOC1C. The zero-order valence-corrected chi connectivity index (χ0v) is 12.6. The van der Waals surface area contributed by atoms with Gasteiger partial charge in [0.15, 0.2) is 0 Å². The van der Waals surface area contributed by atoms with Crippen molar-refractivity contribution < 1.29 is 4.74 Å². The molecule has 1 aliphatic heterocycles. The van der Waals surface area contributed by atoms with E-state index in [0.717, 1.165) is 32.5 Å². The molecule has 0 spiro atoms. The average molecular weight is 267 g/mol. The minimum absolute atomic E-state index is 0.297. The van der Waals surface area contributed by atoms with Crippen LogP contribution in [0.25, 0.3) is 0 Å². The van der Waals surface area contributed by atoms with Crippen LogP contribution in [0.5, 0.6) is 0 Å². The Kier molecular flexibility index (Phi) is 4.82. The standard InChI is InChI=1S/C15H25NOS/c1-4-13-6-7-14(18-13)10-15(11-16-5-2)8-9-17-12(15)3/h6-7,12,16H,4-5,8-11H2,1-3H3. The molecule has 2 atom stereocenters. The average Bonchev–Trinajstić information content (AvgIpc) is 2.96. The summed E-state index contributed by atoms with van der Waals surface area (Å²) in [4.78, 5) is 3.01. The summed E-state index contributed by atoms with van der Waals surface area (Å²) in [6.07, 6.45) is 3.85. The Morgan fingerprint density at radius 3 is 2.72 bits per heavy atom. The van der Waals surface area contributed by atoms with Crippen molar-refractivity contribution in [2.75, 3.05) is 19.7 Å². The van der Waals surface area contributed by atoms with Gasteiger partial charge >= 0.3 is 0 Å². The minimum Gasteiger partial charge on any atom is -0.378 e. The lowest BCUT2D eigenvalue weighted by molar-refractivity contribution is 0.0637. The molecule has 1 aliphatic rings. The van der Waals surface area contributed by atoms with Crippen molar-refractivity contribution in [3.8, 4) is 0 Å². The fourth-order valence-electron chi connectivity index (χ4n) is 2.77. The first-order valence-electron chi connectivity index (χ1n) is 7.10. The summed E-state index contributed by atoms with van der Waals surface area (Å²) < 4.78 is 5.84. The first kappa shape index (κ1) is 14.0. The molecule has 0 saturated carbocycles. The van der Waals surface area contributed by atoms with E-state index in [-0.39, 0.29) is 0 Å². The summed E-state index contributed by atoms with van der Waals surface area (Å²) in [5, 5.41) is 3.53. The number of rotatable bonds is 6. The molecule has 1 aromatic heterocycles. The zero-order valence-electron chi connectivity index (χ0n) is 11.8. The number of ether oxygens (including phenoxy) is 1. The Morgan fingerprint density at radius 2 is 2.17 bits per heavy atom. The summed E-state index contributed by atoms with van der Waals surface area (Å²) in [7, 11) is 0.